The Kier molecular flexibility index (Phi) is 7.69. The Morgan fingerprint density at radius 2 is 2.10 bits per heavy atom. The van der Waals surface area contributed by atoms with Crippen LogP contribution in [-0.2, 0) is 4.74 Å². The molecule has 0 aromatic carbocycles. The molecule has 0 spiro atoms. The van der Waals surface area contributed by atoms with Gasteiger partial charge in [0.1, 0.15) is 0 Å². The molecular weight excluding hydrogens is 258 g/mol. The lowest BCUT2D eigenvalue weighted by Gasteiger charge is -2.25. The van der Waals surface area contributed by atoms with Crippen LogP contribution in [0.25, 0.3) is 0 Å². The van der Waals surface area contributed by atoms with E-state index in [1.54, 1.807) is 6.92 Å². The first kappa shape index (κ1) is 17.6. The molecular formula is C15H29NO4. The molecule has 20 heavy (non-hydrogen) atoms. The Morgan fingerprint density at radius 1 is 1.40 bits per heavy atom. The molecule has 0 saturated heterocycles. The monoisotopic (exact) mass is 287 g/mol. The molecule has 0 aliphatic heterocycles. The third-order valence-electron chi connectivity index (χ3n) is 3.79. The molecule has 0 aromatic heterocycles. The fourth-order valence-corrected chi connectivity index (χ4v) is 2.22. The van der Waals surface area contributed by atoms with Crippen molar-refractivity contribution in [1.82, 2.24) is 5.32 Å². The van der Waals surface area contributed by atoms with E-state index in [9.17, 15) is 10.2 Å². The molecule has 0 bridgehead atoms. The minimum atomic E-state index is -1.15. The van der Waals surface area contributed by atoms with Crippen molar-refractivity contribution >= 4 is 0 Å². The van der Waals surface area contributed by atoms with Crippen molar-refractivity contribution in [2.75, 3.05) is 32.9 Å². The van der Waals surface area contributed by atoms with Crippen molar-refractivity contribution in [1.29, 1.82) is 0 Å². The fraction of sp³-hybridized carbons (Fsp3) is 0.867. The summed E-state index contributed by atoms with van der Waals surface area (Å²) in [6.07, 6.45) is 5.97. The first-order valence-electron chi connectivity index (χ1n) is 7.39. The zero-order chi connectivity index (χ0) is 15.0. The summed E-state index contributed by atoms with van der Waals surface area (Å²) < 4.78 is 5.58. The number of aliphatic hydroxyl groups is 3. The van der Waals surface area contributed by atoms with Gasteiger partial charge in [0, 0.05) is 13.1 Å². The van der Waals surface area contributed by atoms with Crippen LogP contribution >= 0.6 is 0 Å². The van der Waals surface area contributed by atoms with Gasteiger partial charge in [-0.25, -0.2) is 0 Å². The maximum absolute atomic E-state index is 9.77. The molecule has 1 aliphatic carbocycles. The first-order valence-corrected chi connectivity index (χ1v) is 7.39. The quantitative estimate of drug-likeness (QED) is 0.459. The second-order valence-electron chi connectivity index (χ2n) is 6.16. The molecule has 4 atom stereocenters. The Labute approximate surface area is 121 Å². The predicted octanol–water partition coefficient (Wildman–Crippen LogP) is 0.299. The van der Waals surface area contributed by atoms with Crippen LogP contribution in [0.1, 0.15) is 26.7 Å². The lowest BCUT2D eigenvalue weighted by molar-refractivity contribution is -0.00783. The maximum Gasteiger partial charge on any atom is 0.0972 e. The average molecular weight is 287 g/mol. The molecule has 4 N–H and O–H groups in total. The Bertz CT molecular complexity index is 294. The van der Waals surface area contributed by atoms with Gasteiger partial charge in [0.25, 0.3) is 0 Å². The predicted molar refractivity (Wildman–Crippen MR) is 78.4 cm³/mol. The number of ether oxygens (including phenoxy) is 1. The van der Waals surface area contributed by atoms with Gasteiger partial charge in [0.2, 0.25) is 0 Å². The van der Waals surface area contributed by atoms with Crippen molar-refractivity contribution in [2.24, 2.45) is 11.8 Å². The number of rotatable bonds is 9. The van der Waals surface area contributed by atoms with Crippen LogP contribution in [0.15, 0.2) is 12.2 Å². The van der Waals surface area contributed by atoms with Gasteiger partial charge in [-0.15, -0.1) is 0 Å². The summed E-state index contributed by atoms with van der Waals surface area (Å²) in [6.45, 7) is 5.02. The number of hydrogen-bond acceptors (Lipinski definition) is 5. The smallest absolute Gasteiger partial charge is 0.0972 e. The molecule has 5 heteroatoms. The first-order chi connectivity index (χ1) is 9.44. The Morgan fingerprint density at radius 3 is 2.75 bits per heavy atom. The van der Waals surface area contributed by atoms with Gasteiger partial charge < -0.3 is 25.4 Å². The summed E-state index contributed by atoms with van der Waals surface area (Å²) in [5.41, 5.74) is -1.15. The number of hydrogen-bond donors (Lipinski definition) is 4. The van der Waals surface area contributed by atoms with Crippen LogP contribution in [0.2, 0.25) is 0 Å². The van der Waals surface area contributed by atoms with Crippen molar-refractivity contribution in [3.63, 3.8) is 0 Å². The largest absolute Gasteiger partial charge is 0.393 e. The van der Waals surface area contributed by atoms with E-state index in [2.05, 4.69) is 24.4 Å². The Balaban J connectivity index is 2.08. The van der Waals surface area contributed by atoms with Gasteiger partial charge in [-0.2, -0.15) is 0 Å². The summed E-state index contributed by atoms with van der Waals surface area (Å²) in [5, 5.41) is 31.2. The SMILES string of the molecule is CC1CC=CCC1COCC(O)CNCC(C)(O)CO. The van der Waals surface area contributed by atoms with Crippen LogP contribution in [0.5, 0.6) is 0 Å². The summed E-state index contributed by atoms with van der Waals surface area (Å²) in [5.74, 6) is 1.17. The molecule has 118 valence electrons. The van der Waals surface area contributed by atoms with Crippen LogP contribution in [0, 0.1) is 11.8 Å². The molecule has 0 heterocycles. The topological polar surface area (TPSA) is 82.0 Å². The van der Waals surface area contributed by atoms with E-state index < -0.39 is 11.7 Å². The highest BCUT2D eigenvalue weighted by Crippen LogP contribution is 2.24. The average Bonchev–Trinajstić information content (AvgIpc) is 2.41. The molecule has 4 unspecified atom stereocenters. The minimum Gasteiger partial charge on any atom is -0.393 e. The molecule has 5 nitrogen and oxygen atoms in total. The van der Waals surface area contributed by atoms with Crippen molar-refractivity contribution in [3.8, 4) is 0 Å². The normalized spacial score (nSPS) is 27.2. The van der Waals surface area contributed by atoms with E-state index in [4.69, 9.17) is 9.84 Å². The highest BCUT2D eigenvalue weighted by atomic mass is 16.5. The molecule has 0 aromatic rings. The number of allylic oxidation sites excluding steroid dienone is 2. The zero-order valence-corrected chi connectivity index (χ0v) is 12.6. The standard InChI is InChI=1S/C15H29NO4/c1-12-5-3-4-6-13(12)8-20-9-14(18)7-16-10-15(2,19)11-17/h3-4,12-14,16-19H,5-11H2,1-2H3. The van der Waals surface area contributed by atoms with Crippen LogP contribution in [0.3, 0.4) is 0 Å². The van der Waals surface area contributed by atoms with Gasteiger partial charge in [0.15, 0.2) is 0 Å². The number of aliphatic hydroxyl groups excluding tert-OH is 2. The van der Waals surface area contributed by atoms with E-state index in [0.717, 1.165) is 12.8 Å². The molecule has 1 aliphatic rings. The van der Waals surface area contributed by atoms with E-state index in [1.165, 1.54) is 0 Å². The lowest BCUT2D eigenvalue weighted by Crippen LogP contribution is -2.44. The Hall–Kier alpha value is -0.460. The van der Waals surface area contributed by atoms with Gasteiger partial charge in [0.05, 0.1) is 31.5 Å². The van der Waals surface area contributed by atoms with Crippen LogP contribution < -0.4 is 5.32 Å². The zero-order valence-electron chi connectivity index (χ0n) is 12.6. The maximum atomic E-state index is 9.77. The highest BCUT2D eigenvalue weighted by molar-refractivity contribution is 4.93. The van der Waals surface area contributed by atoms with E-state index >= 15 is 0 Å². The van der Waals surface area contributed by atoms with Crippen molar-refractivity contribution < 1.29 is 20.1 Å². The molecule has 0 amide bonds. The summed E-state index contributed by atoms with van der Waals surface area (Å²) >= 11 is 0. The molecule has 0 fully saturated rings. The number of nitrogens with one attached hydrogen (secondary N) is 1. The van der Waals surface area contributed by atoms with E-state index in [1.807, 2.05) is 0 Å². The summed E-state index contributed by atoms with van der Waals surface area (Å²) in [6, 6.07) is 0. The highest BCUT2D eigenvalue weighted by Gasteiger charge is 2.20. The van der Waals surface area contributed by atoms with Crippen molar-refractivity contribution in [3.05, 3.63) is 12.2 Å². The molecule has 1 rings (SSSR count). The van der Waals surface area contributed by atoms with Gasteiger partial charge >= 0.3 is 0 Å². The third kappa shape index (κ3) is 6.81. The lowest BCUT2D eigenvalue weighted by atomic mass is 9.85. The minimum absolute atomic E-state index is 0.241. The second kappa shape index (κ2) is 8.74. The fourth-order valence-electron chi connectivity index (χ4n) is 2.22. The van der Waals surface area contributed by atoms with Gasteiger partial charge in [-0.1, -0.05) is 19.1 Å². The van der Waals surface area contributed by atoms with Crippen LogP contribution in [0.4, 0.5) is 0 Å². The second-order valence-corrected chi connectivity index (χ2v) is 6.16. The van der Waals surface area contributed by atoms with Gasteiger partial charge in [-0.3, -0.25) is 0 Å². The molecule has 0 saturated carbocycles. The summed E-state index contributed by atoms with van der Waals surface area (Å²) in [7, 11) is 0. The van der Waals surface area contributed by atoms with Crippen LogP contribution in [-0.4, -0.2) is 59.9 Å². The van der Waals surface area contributed by atoms with Gasteiger partial charge in [-0.05, 0) is 31.6 Å². The van der Waals surface area contributed by atoms with E-state index in [0.29, 0.717) is 31.6 Å². The van der Waals surface area contributed by atoms with E-state index in [-0.39, 0.29) is 13.2 Å². The molecule has 0 radical (unpaired) electrons. The summed E-state index contributed by atoms with van der Waals surface area (Å²) in [4.78, 5) is 0. The van der Waals surface area contributed by atoms with Crippen molar-refractivity contribution in [2.45, 2.75) is 38.4 Å². The third-order valence-corrected chi connectivity index (χ3v) is 3.79.